The van der Waals surface area contributed by atoms with Gasteiger partial charge in [-0.2, -0.15) is 0 Å². The van der Waals surface area contributed by atoms with Crippen LogP contribution in [-0.4, -0.2) is 48.9 Å². The first-order valence-corrected chi connectivity index (χ1v) is 9.94. The fourth-order valence-corrected chi connectivity index (χ4v) is 5.10. The molecule has 2 saturated heterocycles. The number of hydrogen-bond acceptors (Lipinski definition) is 5. The van der Waals surface area contributed by atoms with Gasteiger partial charge >= 0.3 is 0 Å². The summed E-state index contributed by atoms with van der Waals surface area (Å²) in [6, 6.07) is 4.86. The van der Waals surface area contributed by atoms with Crippen LogP contribution in [0.1, 0.15) is 25.8 Å². The summed E-state index contributed by atoms with van der Waals surface area (Å²) in [6.07, 6.45) is 0.564. The van der Waals surface area contributed by atoms with Gasteiger partial charge in [-0.05, 0) is 30.5 Å². The third-order valence-corrected chi connectivity index (χ3v) is 6.39. The predicted molar refractivity (Wildman–Crippen MR) is 104 cm³/mol. The summed E-state index contributed by atoms with van der Waals surface area (Å²) in [5.41, 5.74) is -0.00560. The molecule has 0 radical (unpaired) electrons. The molecular weight excluding hydrogens is 382 g/mol. The number of benzene rings is 1. The largest absolute Gasteiger partial charge is 0.385 e. The van der Waals surface area contributed by atoms with Crippen LogP contribution in [0, 0.1) is 17.8 Å². The summed E-state index contributed by atoms with van der Waals surface area (Å²) >= 11 is 6.21. The van der Waals surface area contributed by atoms with Crippen LogP contribution in [0.5, 0.6) is 0 Å². The van der Waals surface area contributed by atoms with Crippen molar-refractivity contribution in [3.8, 4) is 0 Å². The van der Waals surface area contributed by atoms with Crippen LogP contribution in [-0.2, 0) is 24.7 Å². The fraction of sp³-hybridized carbons (Fsp3) is 0.550. The van der Waals surface area contributed by atoms with E-state index >= 15 is 0 Å². The molecule has 3 aliphatic rings. The lowest BCUT2D eigenvalue weighted by atomic mass is 9.76. The van der Waals surface area contributed by atoms with Crippen molar-refractivity contribution in [1.29, 1.82) is 0 Å². The molecule has 8 heteroatoms. The van der Waals surface area contributed by atoms with E-state index in [1.54, 1.807) is 25.3 Å². The van der Waals surface area contributed by atoms with Gasteiger partial charge in [0.25, 0.3) is 0 Å². The Morgan fingerprint density at radius 1 is 1.25 bits per heavy atom. The molecule has 0 bridgehead atoms. The Kier molecular flexibility index (Phi) is 4.72. The van der Waals surface area contributed by atoms with Gasteiger partial charge < -0.3 is 10.1 Å². The van der Waals surface area contributed by atoms with E-state index in [1.807, 2.05) is 13.8 Å². The smallest absolute Gasteiger partial charge is 0.250 e. The molecule has 3 amide bonds. The number of halogens is 1. The van der Waals surface area contributed by atoms with E-state index < -0.39 is 17.4 Å². The van der Waals surface area contributed by atoms with Crippen LogP contribution in [0.2, 0.25) is 5.02 Å². The second-order valence-corrected chi connectivity index (χ2v) is 8.48. The van der Waals surface area contributed by atoms with Gasteiger partial charge in [0.2, 0.25) is 17.7 Å². The minimum atomic E-state index is -1.28. The standard InChI is InChI=1S/C20H24ClN3O4/c1-10(2)16-14-15(18(26)24(17(14)25)7-4-8-28-3)20(23-16)12-9-11(21)5-6-13(12)22-19(20)27/h5-6,9-10,14-16,23H,4,7-8H2,1-3H3,(H,22,27)/t14-,15-,16?,20?/m0/s1. The molecule has 2 unspecified atom stereocenters. The molecule has 1 aromatic carbocycles. The Morgan fingerprint density at radius 2 is 2.00 bits per heavy atom. The molecule has 4 atom stereocenters. The van der Waals surface area contributed by atoms with Crippen molar-refractivity contribution in [1.82, 2.24) is 10.2 Å². The van der Waals surface area contributed by atoms with Crippen LogP contribution in [0.4, 0.5) is 5.69 Å². The van der Waals surface area contributed by atoms with E-state index in [9.17, 15) is 14.4 Å². The number of amides is 3. The van der Waals surface area contributed by atoms with Gasteiger partial charge in [0.15, 0.2) is 0 Å². The Hall–Kier alpha value is -1.96. The quantitative estimate of drug-likeness (QED) is 0.575. The molecule has 2 fully saturated rings. The van der Waals surface area contributed by atoms with Gasteiger partial charge in [-0.15, -0.1) is 0 Å². The van der Waals surface area contributed by atoms with Crippen molar-refractivity contribution in [3.63, 3.8) is 0 Å². The summed E-state index contributed by atoms with van der Waals surface area (Å²) in [4.78, 5) is 41.1. The molecule has 7 nitrogen and oxygen atoms in total. The number of imide groups is 1. The second-order valence-electron chi connectivity index (χ2n) is 8.04. The fourth-order valence-electron chi connectivity index (χ4n) is 4.93. The van der Waals surface area contributed by atoms with Crippen LogP contribution in [0.15, 0.2) is 18.2 Å². The average molecular weight is 406 g/mol. The van der Waals surface area contributed by atoms with Gasteiger partial charge in [-0.1, -0.05) is 25.4 Å². The first kappa shape index (κ1) is 19.4. The normalized spacial score (nSPS) is 31.1. The zero-order valence-corrected chi connectivity index (χ0v) is 16.9. The molecule has 28 heavy (non-hydrogen) atoms. The van der Waals surface area contributed by atoms with Crippen molar-refractivity contribution >= 4 is 35.0 Å². The molecule has 3 heterocycles. The highest BCUT2D eigenvalue weighted by Gasteiger charge is 2.70. The van der Waals surface area contributed by atoms with Gasteiger partial charge in [-0.3, -0.25) is 24.6 Å². The van der Waals surface area contributed by atoms with Crippen LogP contribution in [0.3, 0.4) is 0 Å². The summed E-state index contributed by atoms with van der Waals surface area (Å²) in [6.45, 7) is 4.74. The lowest BCUT2D eigenvalue weighted by molar-refractivity contribution is -0.143. The summed E-state index contributed by atoms with van der Waals surface area (Å²) < 4.78 is 5.06. The Balaban J connectivity index is 1.81. The Bertz CT molecular complexity index is 858. The zero-order chi connectivity index (χ0) is 20.2. The topological polar surface area (TPSA) is 87.7 Å². The van der Waals surface area contributed by atoms with Crippen molar-refractivity contribution in [3.05, 3.63) is 28.8 Å². The summed E-state index contributed by atoms with van der Waals surface area (Å²) in [7, 11) is 1.58. The monoisotopic (exact) mass is 405 g/mol. The predicted octanol–water partition coefficient (Wildman–Crippen LogP) is 1.75. The number of ether oxygens (including phenoxy) is 1. The van der Waals surface area contributed by atoms with Gasteiger partial charge in [0.05, 0.1) is 11.8 Å². The summed E-state index contributed by atoms with van der Waals surface area (Å²) in [5, 5.41) is 6.74. The Morgan fingerprint density at radius 3 is 2.68 bits per heavy atom. The third kappa shape index (κ3) is 2.53. The molecule has 0 aliphatic carbocycles. The average Bonchev–Trinajstić information content (AvgIpc) is 3.23. The van der Waals surface area contributed by atoms with Crippen molar-refractivity contribution in [2.24, 2.45) is 17.8 Å². The van der Waals surface area contributed by atoms with Crippen LogP contribution >= 0.6 is 11.6 Å². The van der Waals surface area contributed by atoms with Crippen molar-refractivity contribution < 1.29 is 19.1 Å². The first-order chi connectivity index (χ1) is 13.3. The SMILES string of the molecule is COCCCN1C(=O)[C@@H]2C(C(C)C)NC3(C(=O)Nc4ccc(Cl)cc43)[C@@H]2C1=O. The highest BCUT2D eigenvalue weighted by atomic mass is 35.5. The second kappa shape index (κ2) is 6.83. The van der Waals surface area contributed by atoms with E-state index in [1.165, 1.54) is 4.90 Å². The number of fused-ring (bicyclic) bond motifs is 4. The van der Waals surface area contributed by atoms with E-state index in [0.717, 1.165) is 0 Å². The Labute approximate surface area is 168 Å². The molecule has 1 spiro atoms. The molecule has 3 aliphatic heterocycles. The molecule has 4 rings (SSSR count). The molecule has 150 valence electrons. The lowest BCUT2D eigenvalue weighted by Crippen LogP contribution is -2.54. The minimum absolute atomic E-state index is 0.0681. The number of hydrogen-bond donors (Lipinski definition) is 2. The summed E-state index contributed by atoms with van der Waals surface area (Å²) in [5.74, 6) is -2.11. The van der Waals surface area contributed by atoms with E-state index in [4.69, 9.17) is 16.3 Å². The van der Waals surface area contributed by atoms with E-state index in [0.29, 0.717) is 35.8 Å². The molecule has 0 aromatic heterocycles. The number of nitrogens with zero attached hydrogens (tertiary/aromatic N) is 1. The van der Waals surface area contributed by atoms with Gasteiger partial charge in [-0.25, -0.2) is 0 Å². The zero-order valence-electron chi connectivity index (χ0n) is 16.1. The van der Waals surface area contributed by atoms with Gasteiger partial charge in [0, 0.05) is 42.6 Å². The number of methoxy groups -OCH3 is 1. The van der Waals surface area contributed by atoms with Crippen molar-refractivity contribution in [2.45, 2.75) is 31.8 Å². The highest BCUT2D eigenvalue weighted by molar-refractivity contribution is 6.31. The molecule has 2 N–H and O–H groups in total. The maximum absolute atomic E-state index is 13.4. The molecular formula is C20H24ClN3O4. The number of nitrogens with one attached hydrogen (secondary N) is 2. The minimum Gasteiger partial charge on any atom is -0.385 e. The number of carbonyl (C=O) groups is 3. The highest BCUT2D eigenvalue weighted by Crippen LogP contribution is 2.54. The van der Waals surface area contributed by atoms with Crippen LogP contribution < -0.4 is 10.6 Å². The maximum atomic E-state index is 13.4. The number of carbonyl (C=O) groups excluding carboxylic acids is 3. The van der Waals surface area contributed by atoms with Crippen LogP contribution in [0.25, 0.3) is 0 Å². The van der Waals surface area contributed by atoms with E-state index in [-0.39, 0.29) is 29.7 Å². The van der Waals surface area contributed by atoms with Gasteiger partial charge in [0.1, 0.15) is 5.54 Å². The van der Waals surface area contributed by atoms with E-state index in [2.05, 4.69) is 10.6 Å². The third-order valence-electron chi connectivity index (χ3n) is 6.15. The first-order valence-electron chi connectivity index (χ1n) is 9.56. The number of rotatable bonds is 5. The number of anilines is 1. The lowest BCUT2D eigenvalue weighted by Gasteiger charge is -2.30. The number of likely N-dealkylation sites (tertiary alicyclic amines) is 1. The maximum Gasteiger partial charge on any atom is 0.250 e. The molecule has 0 saturated carbocycles. The van der Waals surface area contributed by atoms with Crippen molar-refractivity contribution in [2.75, 3.05) is 25.6 Å². The molecule has 1 aromatic rings.